The zero-order valence-electron chi connectivity index (χ0n) is 14.8. The van der Waals surface area contributed by atoms with Gasteiger partial charge in [-0.1, -0.05) is 15.9 Å². The maximum Gasteiger partial charge on any atom is 0.344 e. The van der Waals surface area contributed by atoms with Crippen LogP contribution in [0.1, 0.15) is 13.8 Å². The second-order valence-electron chi connectivity index (χ2n) is 5.44. The van der Waals surface area contributed by atoms with E-state index >= 15 is 0 Å². The fraction of sp³-hybridized carbons (Fsp3) is 0.263. The lowest BCUT2D eigenvalue weighted by atomic mass is 10.3. The summed E-state index contributed by atoms with van der Waals surface area (Å²) in [7, 11) is 0. The van der Waals surface area contributed by atoms with Gasteiger partial charge in [0.1, 0.15) is 17.3 Å². The highest BCUT2D eigenvalue weighted by Crippen LogP contribution is 2.20. The number of ether oxygens (including phenoxy) is 3. The first-order chi connectivity index (χ1) is 12.9. The number of esters is 1. The molecule has 27 heavy (non-hydrogen) atoms. The van der Waals surface area contributed by atoms with E-state index in [-0.39, 0.29) is 12.3 Å². The van der Waals surface area contributed by atoms with Gasteiger partial charge in [0, 0.05) is 4.47 Å². The van der Waals surface area contributed by atoms with Crippen molar-refractivity contribution >= 4 is 33.5 Å². The molecule has 0 fully saturated rings. The van der Waals surface area contributed by atoms with Gasteiger partial charge < -0.3 is 19.5 Å². The van der Waals surface area contributed by atoms with Crippen LogP contribution in [0.2, 0.25) is 0 Å². The van der Waals surface area contributed by atoms with Gasteiger partial charge in [0.15, 0.2) is 12.7 Å². The zero-order valence-corrected chi connectivity index (χ0v) is 16.4. The number of hydrogen-bond donors (Lipinski definition) is 1. The van der Waals surface area contributed by atoms with Crippen molar-refractivity contribution in [1.29, 1.82) is 0 Å². The summed E-state index contributed by atoms with van der Waals surface area (Å²) >= 11 is 3.13. The first-order valence-corrected chi connectivity index (χ1v) is 8.99. The van der Waals surface area contributed by atoms with Gasteiger partial charge >= 0.3 is 5.97 Å². The van der Waals surface area contributed by atoms with Crippen molar-refractivity contribution in [3.05, 3.63) is 52.8 Å². The molecule has 2 aromatic rings. The lowest BCUT2D eigenvalue weighted by Gasteiger charge is -2.14. The Hall–Kier alpha value is -2.61. The molecule has 6 nitrogen and oxygen atoms in total. The van der Waals surface area contributed by atoms with E-state index in [9.17, 15) is 14.0 Å². The van der Waals surface area contributed by atoms with E-state index in [0.717, 1.165) is 0 Å². The average molecular weight is 440 g/mol. The lowest BCUT2D eigenvalue weighted by Crippen LogP contribution is -2.31. The fourth-order valence-electron chi connectivity index (χ4n) is 2.05. The van der Waals surface area contributed by atoms with E-state index < -0.39 is 23.8 Å². The van der Waals surface area contributed by atoms with Gasteiger partial charge in [0.25, 0.3) is 5.91 Å². The third-order valence-corrected chi connectivity index (χ3v) is 3.85. The van der Waals surface area contributed by atoms with E-state index in [2.05, 4.69) is 21.2 Å². The molecule has 2 rings (SSSR count). The largest absolute Gasteiger partial charge is 0.494 e. The standard InChI is InChI=1S/C19H19BrFNO5/c1-3-25-14-5-7-15(8-6-14)26-11-18(23)27-12(2)19(24)22-17-9-4-13(20)10-16(17)21/h4-10,12H,3,11H2,1-2H3,(H,22,24). The molecule has 1 atom stereocenters. The predicted octanol–water partition coefficient (Wildman–Crippen LogP) is 3.94. The number of amides is 1. The third-order valence-electron chi connectivity index (χ3n) is 3.36. The van der Waals surface area contributed by atoms with Crippen LogP contribution in [0.3, 0.4) is 0 Å². The molecule has 0 aliphatic heterocycles. The molecule has 1 N–H and O–H groups in total. The number of hydrogen-bond acceptors (Lipinski definition) is 5. The summed E-state index contributed by atoms with van der Waals surface area (Å²) in [4.78, 5) is 23.9. The van der Waals surface area contributed by atoms with Crippen molar-refractivity contribution in [1.82, 2.24) is 0 Å². The van der Waals surface area contributed by atoms with Crippen LogP contribution in [0.5, 0.6) is 11.5 Å². The van der Waals surface area contributed by atoms with Crippen molar-refractivity contribution in [3.63, 3.8) is 0 Å². The summed E-state index contributed by atoms with van der Waals surface area (Å²) in [6, 6.07) is 11.0. The lowest BCUT2D eigenvalue weighted by molar-refractivity contribution is -0.155. The van der Waals surface area contributed by atoms with Gasteiger partial charge in [-0.25, -0.2) is 9.18 Å². The van der Waals surface area contributed by atoms with Crippen molar-refractivity contribution in [3.8, 4) is 11.5 Å². The Kier molecular flexibility index (Phi) is 7.60. The van der Waals surface area contributed by atoms with Gasteiger partial charge in [0.2, 0.25) is 0 Å². The Balaban J connectivity index is 1.81. The molecule has 1 unspecified atom stereocenters. The van der Waals surface area contributed by atoms with Crippen molar-refractivity contribution in [2.24, 2.45) is 0 Å². The smallest absolute Gasteiger partial charge is 0.344 e. The van der Waals surface area contributed by atoms with E-state index in [1.165, 1.54) is 19.1 Å². The van der Waals surface area contributed by atoms with E-state index in [4.69, 9.17) is 14.2 Å². The molecular formula is C19H19BrFNO5. The summed E-state index contributed by atoms with van der Waals surface area (Å²) in [6.45, 7) is 3.46. The monoisotopic (exact) mass is 439 g/mol. The van der Waals surface area contributed by atoms with Crippen LogP contribution in [0.15, 0.2) is 46.9 Å². The van der Waals surface area contributed by atoms with Crippen LogP contribution >= 0.6 is 15.9 Å². The molecule has 2 aromatic carbocycles. The Labute approximate surface area is 164 Å². The number of benzene rings is 2. The normalized spacial score (nSPS) is 11.4. The van der Waals surface area contributed by atoms with E-state index in [0.29, 0.717) is 22.6 Å². The van der Waals surface area contributed by atoms with Crippen LogP contribution in [0, 0.1) is 5.82 Å². The van der Waals surface area contributed by atoms with E-state index in [1.807, 2.05) is 6.92 Å². The number of halogens is 2. The van der Waals surface area contributed by atoms with Crippen LogP contribution in [0.4, 0.5) is 10.1 Å². The minimum atomic E-state index is -1.11. The maximum atomic E-state index is 13.7. The minimum Gasteiger partial charge on any atom is -0.494 e. The summed E-state index contributed by atoms with van der Waals surface area (Å²) in [5.41, 5.74) is -0.00302. The first kappa shape index (κ1) is 20.7. The number of anilines is 1. The predicted molar refractivity (Wildman–Crippen MR) is 101 cm³/mol. The van der Waals surface area contributed by atoms with Crippen LogP contribution in [-0.4, -0.2) is 31.2 Å². The summed E-state index contributed by atoms with van der Waals surface area (Å²) in [5.74, 6) is -0.814. The molecule has 0 bridgehead atoms. The molecule has 0 radical (unpaired) electrons. The van der Waals surface area contributed by atoms with E-state index in [1.54, 1.807) is 30.3 Å². The van der Waals surface area contributed by atoms with Crippen LogP contribution < -0.4 is 14.8 Å². The average Bonchev–Trinajstić information content (AvgIpc) is 2.63. The van der Waals surface area contributed by atoms with Gasteiger partial charge in [0.05, 0.1) is 12.3 Å². The molecule has 0 spiro atoms. The number of carbonyl (C=O) groups is 2. The molecule has 8 heteroatoms. The van der Waals surface area contributed by atoms with Crippen LogP contribution in [-0.2, 0) is 14.3 Å². The van der Waals surface area contributed by atoms with Crippen molar-refractivity contribution < 1.29 is 28.2 Å². The molecule has 0 saturated carbocycles. The Bertz CT molecular complexity index is 797. The van der Waals surface area contributed by atoms with Gasteiger partial charge in [-0.2, -0.15) is 0 Å². The van der Waals surface area contributed by atoms with Crippen molar-refractivity contribution in [2.45, 2.75) is 20.0 Å². The van der Waals surface area contributed by atoms with Gasteiger partial charge in [-0.3, -0.25) is 4.79 Å². The minimum absolute atomic E-state index is 0.00302. The molecule has 0 aliphatic rings. The fourth-order valence-corrected chi connectivity index (χ4v) is 2.38. The third kappa shape index (κ3) is 6.56. The highest BCUT2D eigenvalue weighted by Gasteiger charge is 2.19. The van der Waals surface area contributed by atoms with Crippen molar-refractivity contribution in [2.75, 3.05) is 18.5 Å². The number of carbonyl (C=O) groups excluding carboxylic acids is 2. The Morgan fingerprint density at radius 2 is 1.74 bits per heavy atom. The molecular weight excluding hydrogens is 421 g/mol. The number of rotatable bonds is 8. The second-order valence-corrected chi connectivity index (χ2v) is 6.35. The van der Waals surface area contributed by atoms with Gasteiger partial charge in [-0.05, 0) is 56.3 Å². The SMILES string of the molecule is CCOc1ccc(OCC(=O)OC(C)C(=O)Nc2ccc(Br)cc2F)cc1. The topological polar surface area (TPSA) is 73.9 Å². The quantitative estimate of drug-likeness (QED) is 0.630. The highest BCUT2D eigenvalue weighted by atomic mass is 79.9. The summed E-state index contributed by atoms with van der Waals surface area (Å²) < 4.78 is 29.9. The first-order valence-electron chi connectivity index (χ1n) is 8.20. The molecule has 0 aliphatic carbocycles. The van der Waals surface area contributed by atoms with Crippen LogP contribution in [0.25, 0.3) is 0 Å². The zero-order chi connectivity index (χ0) is 19.8. The second kappa shape index (κ2) is 9.91. The molecule has 0 heterocycles. The highest BCUT2D eigenvalue weighted by molar-refractivity contribution is 9.10. The maximum absolute atomic E-state index is 13.7. The number of nitrogens with one attached hydrogen (secondary N) is 1. The molecule has 144 valence electrons. The summed E-state index contributed by atoms with van der Waals surface area (Å²) in [6.07, 6.45) is -1.11. The van der Waals surface area contributed by atoms with Gasteiger partial charge in [-0.15, -0.1) is 0 Å². The summed E-state index contributed by atoms with van der Waals surface area (Å²) in [5, 5.41) is 2.37. The Morgan fingerprint density at radius 3 is 2.33 bits per heavy atom. The molecule has 1 amide bonds. The molecule has 0 saturated heterocycles. The Morgan fingerprint density at radius 1 is 1.11 bits per heavy atom. The molecule has 0 aromatic heterocycles.